The fourth-order valence-corrected chi connectivity index (χ4v) is 1.76. The zero-order valence-electron chi connectivity index (χ0n) is 10.7. The summed E-state index contributed by atoms with van der Waals surface area (Å²) in [6.07, 6.45) is 0. The van der Waals surface area contributed by atoms with Crippen molar-refractivity contribution in [3.05, 3.63) is 64.7 Å². The van der Waals surface area contributed by atoms with E-state index in [-0.39, 0.29) is 18.0 Å². The lowest BCUT2D eigenvalue weighted by atomic mass is 10.1. The molecule has 0 spiro atoms. The Balaban J connectivity index is 2.11. The van der Waals surface area contributed by atoms with Crippen molar-refractivity contribution in [3.63, 3.8) is 0 Å². The second-order valence-corrected chi connectivity index (χ2v) is 4.32. The van der Waals surface area contributed by atoms with Crippen molar-refractivity contribution in [1.82, 2.24) is 0 Å². The summed E-state index contributed by atoms with van der Waals surface area (Å²) in [5.41, 5.74) is 0.746. The Hall–Kier alpha value is -2.43. The van der Waals surface area contributed by atoms with E-state index >= 15 is 0 Å². The number of ether oxygens (including phenoxy) is 1. The van der Waals surface area contributed by atoms with Gasteiger partial charge in [0.1, 0.15) is 24.0 Å². The minimum Gasteiger partial charge on any atom is -0.489 e. The maximum absolute atomic E-state index is 13.5. The second-order valence-electron chi connectivity index (χ2n) is 4.32. The van der Waals surface area contributed by atoms with E-state index in [1.165, 1.54) is 30.3 Å². The van der Waals surface area contributed by atoms with Gasteiger partial charge in [-0.3, -0.25) is 0 Å². The number of carboxylic acid groups (broad SMARTS) is 1. The third-order valence-electron chi connectivity index (χ3n) is 2.80. The first kappa shape index (κ1) is 14.0. The largest absolute Gasteiger partial charge is 0.489 e. The highest BCUT2D eigenvalue weighted by Gasteiger charge is 2.10. The molecule has 0 aliphatic carbocycles. The van der Waals surface area contributed by atoms with Gasteiger partial charge in [0.2, 0.25) is 0 Å². The maximum atomic E-state index is 13.5. The molecule has 0 fully saturated rings. The molecule has 0 radical (unpaired) electrons. The van der Waals surface area contributed by atoms with E-state index in [0.717, 1.165) is 6.07 Å². The zero-order chi connectivity index (χ0) is 14.7. The van der Waals surface area contributed by atoms with Gasteiger partial charge in [0, 0.05) is 0 Å². The average Bonchev–Trinajstić information content (AvgIpc) is 2.37. The van der Waals surface area contributed by atoms with Crippen LogP contribution in [-0.4, -0.2) is 11.1 Å². The van der Waals surface area contributed by atoms with Crippen LogP contribution in [0.25, 0.3) is 0 Å². The molecule has 2 aromatic rings. The SMILES string of the molecule is Cc1cc(F)ccc1OCc1ccc(C(=O)O)c(F)c1. The van der Waals surface area contributed by atoms with Crippen molar-refractivity contribution < 1.29 is 23.4 Å². The lowest BCUT2D eigenvalue weighted by Gasteiger charge is -2.09. The fourth-order valence-electron chi connectivity index (χ4n) is 1.76. The highest BCUT2D eigenvalue weighted by Crippen LogP contribution is 2.20. The molecule has 0 aromatic heterocycles. The van der Waals surface area contributed by atoms with Crippen LogP contribution < -0.4 is 4.74 Å². The summed E-state index contributed by atoms with van der Waals surface area (Å²) < 4.78 is 31.8. The first-order chi connectivity index (χ1) is 9.47. The summed E-state index contributed by atoms with van der Waals surface area (Å²) in [6.45, 7) is 1.77. The Bertz CT molecular complexity index is 654. The summed E-state index contributed by atoms with van der Waals surface area (Å²) in [6, 6.07) is 7.88. The van der Waals surface area contributed by atoms with Crippen LogP contribution in [0.2, 0.25) is 0 Å². The molecule has 0 saturated heterocycles. The van der Waals surface area contributed by atoms with Gasteiger partial charge in [0.05, 0.1) is 5.56 Å². The molecule has 0 saturated carbocycles. The summed E-state index contributed by atoms with van der Waals surface area (Å²) in [4.78, 5) is 10.7. The number of halogens is 2. The van der Waals surface area contributed by atoms with Gasteiger partial charge < -0.3 is 9.84 Å². The highest BCUT2D eigenvalue weighted by atomic mass is 19.1. The first-order valence-corrected chi connectivity index (χ1v) is 5.88. The van der Waals surface area contributed by atoms with Crippen LogP contribution in [-0.2, 0) is 6.61 Å². The summed E-state index contributed by atoms with van der Waals surface area (Å²) in [5.74, 6) is -1.99. The van der Waals surface area contributed by atoms with E-state index in [1.807, 2.05) is 0 Å². The molecule has 2 rings (SSSR count). The molecule has 2 aromatic carbocycles. The van der Waals surface area contributed by atoms with E-state index in [2.05, 4.69) is 0 Å². The molecule has 5 heteroatoms. The van der Waals surface area contributed by atoms with Gasteiger partial charge in [-0.05, 0) is 48.4 Å². The number of benzene rings is 2. The van der Waals surface area contributed by atoms with Crippen LogP contribution in [0.1, 0.15) is 21.5 Å². The Labute approximate surface area is 114 Å². The molecule has 0 atom stereocenters. The average molecular weight is 278 g/mol. The third-order valence-corrected chi connectivity index (χ3v) is 2.80. The van der Waals surface area contributed by atoms with Crippen molar-refractivity contribution in [1.29, 1.82) is 0 Å². The molecular formula is C15H12F2O3. The van der Waals surface area contributed by atoms with Crippen molar-refractivity contribution in [3.8, 4) is 5.75 Å². The standard InChI is InChI=1S/C15H12F2O3/c1-9-6-11(16)3-5-14(9)20-8-10-2-4-12(15(18)19)13(17)7-10/h2-7H,8H2,1H3,(H,18,19). The Morgan fingerprint density at radius 1 is 1.20 bits per heavy atom. The molecule has 0 bridgehead atoms. The van der Waals surface area contributed by atoms with Gasteiger partial charge in [-0.1, -0.05) is 6.07 Å². The van der Waals surface area contributed by atoms with Crippen molar-refractivity contribution in [2.24, 2.45) is 0 Å². The fraction of sp³-hybridized carbons (Fsp3) is 0.133. The van der Waals surface area contributed by atoms with Gasteiger partial charge in [-0.25, -0.2) is 13.6 Å². The first-order valence-electron chi connectivity index (χ1n) is 5.88. The van der Waals surface area contributed by atoms with E-state index in [4.69, 9.17) is 9.84 Å². The molecule has 20 heavy (non-hydrogen) atoms. The van der Waals surface area contributed by atoms with Crippen LogP contribution in [0.15, 0.2) is 36.4 Å². The van der Waals surface area contributed by atoms with Gasteiger partial charge in [0.15, 0.2) is 0 Å². The van der Waals surface area contributed by atoms with Gasteiger partial charge >= 0.3 is 5.97 Å². The van der Waals surface area contributed by atoms with E-state index in [0.29, 0.717) is 16.9 Å². The van der Waals surface area contributed by atoms with Crippen LogP contribution >= 0.6 is 0 Å². The maximum Gasteiger partial charge on any atom is 0.338 e. The lowest BCUT2D eigenvalue weighted by molar-refractivity contribution is 0.0692. The van der Waals surface area contributed by atoms with Crippen LogP contribution in [0.4, 0.5) is 8.78 Å². The highest BCUT2D eigenvalue weighted by molar-refractivity contribution is 5.87. The molecule has 0 amide bonds. The summed E-state index contributed by atoms with van der Waals surface area (Å²) in [5, 5.41) is 8.72. The predicted molar refractivity (Wildman–Crippen MR) is 68.8 cm³/mol. The number of rotatable bonds is 4. The number of carboxylic acids is 1. The molecule has 0 heterocycles. The Morgan fingerprint density at radius 3 is 2.55 bits per heavy atom. The van der Waals surface area contributed by atoms with Gasteiger partial charge in [-0.2, -0.15) is 0 Å². The normalized spacial score (nSPS) is 10.3. The van der Waals surface area contributed by atoms with E-state index < -0.39 is 11.8 Å². The van der Waals surface area contributed by atoms with Crippen molar-refractivity contribution in [2.45, 2.75) is 13.5 Å². The molecule has 104 valence electrons. The van der Waals surface area contributed by atoms with E-state index in [9.17, 15) is 13.6 Å². The quantitative estimate of drug-likeness (QED) is 0.930. The number of hydrogen-bond donors (Lipinski definition) is 1. The molecule has 0 unspecified atom stereocenters. The number of hydrogen-bond acceptors (Lipinski definition) is 2. The number of carbonyl (C=O) groups is 1. The molecular weight excluding hydrogens is 266 g/mol. The van der Waals surface area contributed by atoms with Crippen LogP contribution in [0.3, 0.4) is 0 Å². The smallest absolute Gasteiger partial charge is 0.338 e. The van der Waals surface area contributed by atoms with E-state index in [1.54, 1.807) is 6.92 Å². The molecule has 3 nitrogen and oxygen atoms in total. The monoisotopic (exact) mass is 278 g/mol. The lowest BCUT2D eigenvalue weighted by Crippen LogP contribution is -2.03. The molecule has 0 aliphatic heterocycles. The minimum absolute atomic E-state index is 0.0727. The predicted octanol–water partition coefficient (Wildman–Crippen LogP) is 3.55. The zero-order valence-corrected chi connectivity index (χ0v) is 10.7. The summed E-state index contributed by atoms with van der Waals surface area (Å²) in [7, 11) is 0. The summed E-state index contributed by atoms with van der Waals surface area (Å²) >= 11 is 0. The van der Waals surface area contributed by atoms with Crippen molar-refractivity contribution in [2.75, 3.05) is 0 Å². The number of aromatic carboxylic acids is 1. The Kier molecular flexibility index (Phi) is 3.98. The molecule has 1 N–H and O–H groups in total. The topological polar surface area (TPSA) is 46.5 Å². The number of aryl methyl sites for hydroxylation is 1. The molecule has 0 aliphatic rings. The van der Waals surface area contributed by atoms with Gasteiger partial charge in [-0.15, -0.1) is 0 Å². The minimum atomic E-state index is -1.32. The van der Waals surface area contributed by atoms with Crippen molar-refractivity contribution >= 4 is 5.97 Å². The van der Waals surface area contributed by atoms with Crippen LogP contribution in [0.5, 0.6) is 5.75 Å². The second kappa shape index (κ2) is 5.69. The van der Waals surface area contributed by atoms with Gasteiger partial charge in [0.25, 0.3) is 0 Å². The van der Waals surface area contributed by atoms with Crippen LogP contribution in [0, 0.1) is 18.6 Å². The third kappa shape index (κ3) is 3.12. The Morgan fingerprint density at radius 2 is 1.95 bits per heavy atom.